The number of cyclic esters (lactones) is 2. The molecule has 1 aliphatic heterocycles. The largest absolute Gasteiger partial charge is 0.393 e. The third kappa shape index (κ3) is 0.858. The minimum Gasteiger partial charge on any atom is -0.393 e. The second-order valence-electron chi connectivity index (χ2n) is 5.17. The molecule has 4 heteroatoms. The van der Waals surface area contributed by atoms with Crippen molar-refractivity contribution in [2.24, 2.45) is 35.5 Å². The molecule has 4 aliphatic carbocycles. The van der Waals surface area contributed by atoms with Gasteiger partial charge < -0.3 is 4.74 Å². The van der Waals surface area contributed by atoms with Crippen LogP contribution in [0.1, 0.15) is 0 Å². The van der Waals surface area contributed by atoms with Gasteiger partial charge in [0.25, 0.3) is 0 Å². The van der Waals surface area contributed by atoms with Gasteiger partial charge in [0.1, 0.15) is 0 Å². The highest BCUT2D eigenvalue weighted by molar-refractivity contribution is 5.98. The lowest BCUT2D eigenvalue weighted by Gasteiger charge is -2.52. The molecule has 0 spiro atoms. The van der Waals surface area contributed by atoms with E-state index in [1.165, 1.54) is 0 Å². The van der Waals surface area contributed by atoms with E-state index in [4.69, 9.17) is 10.00 Å². The fourth-order valence-electron chi connectivity index (χ4n) is 3.97. The zero-order valence-corrected chi connectivity index (χ0v) is 8.87. The summed E-state index contributed by atoms with van der Waals surface area (Å²) in [5.74, 6) is -1.03. The molecule has 84 valence electrons. The maximum atomic E-state index is 11.7. The molecule has 2 bridgehead atoms. The van der Waals surface area contributed by atoms with E-state index < -0.39 is 5.97 Å². The van der Waals surface area contributed by atoms with Gasteiger partial charge in [-0.2, -0.15) is 5.26 Å². The maximum absolute atomic E-state index is 11.7. The fraction of sp³-hybridized carbons (Fsp3) is 0.462. The fourth-order valence-corrected chi connectivity index (χ4v) is 3.97. The molecule has 0 N–H and O–H groups in total. The molecule has 1 heterocycles. The van der Waals surface area contributed by atoms with Crippen molar-refractivity contribution in [1.82, 2.24) is 0 Å². The van der Waals surface area contributed by atoms with Crippen molar-refractivity contribution in [2.75, 3.05) is 0 Å². The number of carbonyl (C=O) groups excluding carboxylic acids is 2. The number of rotatable bonds is 0. The number of carbonyl (C=O) groups is 2. The topological polar surface area (TPSA) is 67.2 Å². The van der Waals surface area contributed by atoms with Crippen LogP contribution in [0.4, 0.5) is 0 Å². The first-order valence-corrected chi connectivity index (χ1v) is 5.78. The van der Waals surface area contributed by atoms with Gasteiger partial charge in [0.15, 0.2) is 0 Å². The highest BCUT2D eigenvalue weighted by atomic mass is 16.6. The van der Waals surface area contributed by atoms with Crippen LogP contribution in [0.25, 0.3) is 0 Å². The van der Waals surface area contributed by atoms with Crippen molar-refractivity contribution in [3.63, 3.8) is 0 Å². The van der Waals surface area contributed by atoms with E-state index in [1.807, 2.05) is 18.2 Å². The number of allylic oxidation sites excluding steroid dienone is 4. The van der Waals surface area contributed by atoms with Gasteiger partial charge in [-0.1, -0.05) is 18.2 Å². The number of hydrogen-bond acceptors (Lipinski definition) is 4. The minimum atomic E-state index is -0.401. The lowest BCUT2D eigenvalue weighted by Crippen LogP contribution is -2.52. The molecular weight excluding hydrogens is 218 g/mol. The molecule has 1 saturated heterocycles. The highest BCUT2D eigenvalue weighted by Crippen LogP contribution is 2.60. The Kier molecular flexibility index (Phi) is 1.44. The zero-order valence-electron chi connectivity index (χ0n) is 8.87. The summed E-state index contributed by atoms with van der Waals surface area (Å²) in [6.45, 7) is 0. The molecule has 5 rings (SSSR count). The first-order valence-electron chi connectivity index (χ1n) is 5.78. The summed E-state index contributed by atoms with van der Waals surface area (Å²) in [6.07, 6.45) is 5.97. The van der Waals surface area contributed by atoms with Crippen LogP contribution in [0.3, 0.4) is 0 Å². The number of esters is 2. The minimum absolute atomic E-state index is 0.0198. The van der Waals surface area contributed by atoms with Crippen molar-refractivity contribution in [3.05, 3.63) is 23.8 Å². The van der Waals surface area contributed by atoms with E-state index in [1.54, 1.807) is 0 Å². The molecule has 0 amide bonds. The van der Waals surface area contributed by atoms with Gasteiger partial charge >= 0.3 is 11.9 Å². The van der Waals surface area contributed by atoms with E-state index in [2.05, 4.69) is 6.07 Å². The first kappa shape index (κ1) is 9.17. The third-order valence-electron chi connectivity index (χ3n) is 4.65. The average molecular weight is 227 g/mol. The summed E-state index contributed by atoms with van der Waals surface area (Å²) in [5.41, 5.74) is 0.764. The first-order chi connectivity index (χ1) is 8.22. The smallest absolute Gasteiger partial charge is 0.318 e. The Balaban J connectivity index is 1.84. The second kappa shape index (κ2) is 2.67. The maximum Gasteiger partial charge on any atom is 0.318 e. The molecule has 0 unspecified atom stereocenters. The van der Waals surface area contributed by atoms with Crippen LogP contribution >= 0.6 is 0 Å². The van der Waals surface area contributed by atoms with E-state index in [9.17, 15) is 9.59 Å². The van der Waals surface area contributed by atoms with E-state index in [-0.39, 0.29) is 41.5 Å². The van der Waals surface area contributed by atoms with Gasteiger partial charge in [-0.25, -0.2) is 0 Å². The second-order valence-corrected chi connectivity index (χ2v) is 5.17. The van der Waals surface area contributed by atoms with Gasteiger partial charge in [0, 0.05) is 11.5 Å². The molecule has 2 fully saturated rings. The Hall–Kier alpha value is -1.89. The van der Waals surface area contributed by atoms with Crippen molar-refractivity contribution in [1.29, 1.82) is 5.26 Å². The van der Waals surface area contributed by atoms with Gasteiger partial charge in [-0.05, 0) is 17.8 Å². The van der Waals surface area contributed by atoms with E-state index in [0.29, 0.717) is 0 Å². The van der Waals surface area contributed by atoms with Crippen molar-refractivity contribution < 1.29 is 14.3 Å². The van der Waals surface area contributed by atoms with Crippen LogP contribution < -0.4 is 0 Å². The summed E-state index contributed by atoms with van der Waals surface area (Å²) in [4.78, 5) is 23.4. The van der Waals surface area contributed by atoms with Crippen LogP contribution in [0.2, 0.25) is 0 Å². The summed E-state index contributed by atoms with van der Waals surface area (Å²) in [5, 5.41) is 8.99. The van der Waals surface area contributed by atoms with E-state index >= 15 is 0 Å². The predicted molar refractivity (Wildman–Crippen MR) is 54.9 cm³/mol. The van der Waals surface area contributed by atoms with Crippen LogP contribution in [0.15, 0.2) is 23.8 Å². The highest BCUT2D eigenvalue weighted by Gasteiger charge is 2.63. The summed E-state index contributed by atoms with van der Waals surface area (Å²) in [6, 6.07) is 2.18. The van der Waals surface area contributed by atoms with Crippen LogP contribution in [-0.4, -0.2) is 11.9 Å². The normalized spacial score (nSPS) is 48.8. The Morgan fingerprint density at radius 2 is 1.65 bits per heavy atom. The van der Waals surface area contributed by atoms with Gasteiger partial charge in [0.2, 0.25) is 0 Å². The number of ether oxygens (including phenoxy) is 1. The van der Waals surface area contributed by atoms with Crippen molar-refractivity contribution >= 4 is 11.9 Å². The van der Waals surface area contributed by atoms with Gasteiger partial charge in [0.05, 0.1) is 17.9 Å². The molecule has 0 aromatic carbocycles. The number of nitrogens with zero attached hydrogens (tertiary/aromatic N) is 1. The van der Waals surface area contributed by atoms with Gasteiger partial charge in [-0.3, -0.25) is 9.59 Å². The van der Waals surface area contributed by atoms with Crippen molar-refractivity contribution in [3.8, 4) is 6.07 Å². The molecule has 0 radical (unpaired) electrons. The SMILES string of the molecule is N#CC1=C[C@@H]2[C@H]3C=C[C@@H]([C@H]12)[C@@H]1C(=O)OC(=O)[C@@H]31. The third-order valence-corrected chi connectivity index (χ3v) is 4.65. The van der Waals surface area contributed by atoms with Crippen LogP contribution in [-0.2, 0) is 14.3 Å². The molecule has 0 aromatic heterocycles. The lowest BCUT2D eigenvalue weighted by atomic mass is 9.48. The number of nitriles is 1. The monoisotopic (exact) mass is 227 g/mol. The Morgan fingerprint density at radius 1 is 1.00 bits per heavy atom. The predicted octanol–water partition coefficient (Wildman–Crippen LogP) is 0.814. The Labute approximate surface area is 97.5 Å². The zero-order chi connectivity index (χ0) is 11.7. The average Bonchev–Trinajstić information content (AvgIpc) is 2.57. The molecular formula is C13H9NO3. The van der Waals surface area contributed by atoms with Crippen LogP contribution in [0, 0.1) is 46.8 Å². The molecule has 6 atom stereocenters. The van der Waals surface area contributed by atoms with Crippen molar-refractivity contribution in [2.45, 2.75) is 0 Å². The van der Waals surface area contributed by atoms with E-state index in [0.717, 1.165) is 5.57 Å². The lowest BCUT2D eigenvalue weighted by molar-refractivity contribution is -0.154. The quantitative estimate of drug-likeness (QED) is 0.349. The molecule has 5 aliphatic rings. The number of hydrogen-bond donors (Lipinski definition) is 0. The van der Waals surface area contributed by atoms with Gasteiger partial charge in [-0.15, -0.1) is 0 Å². The summed E-state index contributed by atoms with van der Waals surface area (Å²) >= 11 is 0. The molecule has 4 nitrogen and oxygen atoms in total. The molecule has 0 aromatic rings. The summed E-state index contributed by atoms with van der Waals surface area (Å²) < 4.78 is 4.76. The Bertz CT molecular complexity index is 554. The Morgan fingerprint density at radius 3 is 2.35 bits per heavy atom. The van der Waals surface area contributed by atoms with Crippen LogP contribution in [0.5, 0.6) is 0 Å². The standard InChI is InChI=1S/C13H9NO3/c14-4-5-3-8-6-1-2-7(9(5)8)11-10(6)12(15)17-13(11)16/h1-3,6-11H/t6-,7+,8-,9+,10+,11+/m1/s1. The summed E-state index contributed by atoms with van der Waals surface area (Å²) in [7, 11) is 0. The molecule has 17 heavy (non-hydrogen) atoms. The molecule has 1 saturated carbocycles.